The number of nitrogens with zero attached hydrogens (tertiary/aromatic N) is 2. The number of hydrogen-bond acceptors (Lipinski definition) is 4. The second kappa shape index (κ2) is 7.22. The highest BCUT2D eigenvalue weighted by Gasteiger charge is 2.58. The van der Waals surface area contributed by atoms with Crippen molar-refractivity contribution >= 4 is 33.8 Å². The molecule has 0 bridgehead atoms. The molecule has 7 nitrogen and oxygen atoms in total. The van der Waals surface area contributed by atoms with Gasteiger partial charge in [-0.25, -0.2) is 14.6 Å². The average molecular weight is 448 g/mol. The maximum atomic E-state index is 12.9. The van der Waals surface area contributed by atoms with Crippen LogP contribution in [0.1, 0.15) is 28.5 Å². The van der Waals surface area contributed by atoms with Crippen LogP contribution in [-0.4, -0.2) is 32.9 Å². The molecule has 1 aliphatic rings. The zero-order valence-electron chi connectivity index (χ0n) is 13.5. The lowest BCUT2D eigenvalue weighted by Gasteiger charge is -2.13. The molecule has 1 fully saturated rings. The molecule has 1 saturated carbocycles. The fourth-order valence-electron chi connectivity index (χ4n) is 2.65. The van der Waals surface area contributed by atoms with Crippen molar-refractivity contribution in [3.63, 3.8) is 0 Å². The molecule has 0 spiro atoms. The summed E-state index contributed by atoms with van der Waals surface area (Å²) in [6.45, 7) is -0.0843. The minimum absolute atomic E-state index is 0.0843. The summed E-state index contributed by atoms with van der Waals surface area (Å²) >= 11 is 2.97. The second-order valence-corrected chi connectivity index (χ2v) is 6.60. The monoisotopic (exact) mass is 447 g/mol. The van der Waals surface area contributed by atoms with Crippen molar-refractivity contribution in [1.29, 1.82) is 0 Å². The lowest BCUT2D eigenvalue weighted by atomic mass is 10.2. The summed E-state index contributed by atoms with van der Waals surface area (Å²) < 4.78 is 44.6. The predicted octanol–water partition coefficient (Wildman–Crippen LogP) is 4.22. The number of ether oxygens (including phenoxy) is 1. The van der Waals surface area contributed by atoms with E-state index in [0.29, 0.717) is 5.56 Å². The van der Waals surface area contributed by atoms with Gasteiger partial charge in [-0.1, -0.05) is 30.3 Å². The van der Waals surface area contributed by atoms with Crippen molar-refractivity contribution < 1.29 is 32.6 Å². The molecule has 0 unspecified atom stereocenters. The van der Waals surface area contributed by atoms with Crippen LogP contribution in [0.3, 0.4) is 0 Å². The van der Waals surface area contributed by atoms with Crippen molar-refractivity contribution in [3.05, 3.63) is 46.3 Å². The van der Waals surface area contributed by atoms with E-state index >= 15 is 0 Å². The summed E-state index contributed by atoms with van der Waals surface area (Å²) in [5.41, 5.74) is 0.117. The minimum Gasteiger partial charge on any atom is -0.476 e. The lowest BCUT2D eigenvalue weighted by Crippen LogP contribution is -2.20. The number of rotatable bonds is 5. The summed E-state index contributed by atoms with van der Waals surface area (Å²) in [5, 5.41) is 11.4. The number of halogens is 4. The molecule has 1 heterocycles. The van der Waals surface area contributed by atoms with Crippen LogP contribution >= 0.6 is 15.9 Å². The molecular weight excluding hydrogens is 435 g/mol. The van der Waals surface area contributed by atoms with Gasteiger partial charge in [0.25, 0.3) is 0 Å². The standard InChI is InChI=1S/C16H13BrF3N3O4/c17-14-21-11(13(24)25)12(23(14)10-6-9(10)16(18,19)20)22-15(26)27-7-8-4-2-1-3-5-8/h1-5,9-10H,6-7H2,(H,22,26)(H,24,25)/t9-,10-/m1/s1. The molecule has 0 saturated heterocycles. The largest absolute Gasteiger partial charge is 0.476 e. The van der Waals surface area contributed by atoms with Gasteiger partial charge in [-0.05, 0) is 27.9 Å². The molecule has 1 amide bonds. The number of aromatic nitrogens is 2. The summed E-state index contributed by atoms with van der Waals surface area (Å²) in [7, 11) is 0. The molecule has 2 N–H and O–H groups in total. The fourth-order valence-corrected chi connectivity index (χ4v) is 3.27. The van der Waals surface area contributed by atoms with Crippen molar-refractivity contribution in [1.82, 2.24) is 9.55 Å². The number of carboxylic acid groups (broad SMARTS) is 1. The van der Waals surface area contributed by atoms with E-state index in [9.17, 15) is 27.9 Å². The summed E-state index contributed by atoms with van der Waals surface area (Å²) in [6.07, 6.45) is -5.66. The Morgan fingerprint density at radius 2 is 2.00 bits per heavy atom. The molecule has 2 atom stereocenters. The van der Waals surface area contributed by atoms with E-state index in [2.05, 4.69) is 26.2 Å². The van der Waals surface area contributed by atoms with E-state index in [4.69, 9.17) is 4.74 Å². The Morgan fingerprint density at radius 1 is 1.33 bits per heavy atom. The van der Waals surface area contributed by atoms with Gasteiger partial charge in [-0.3, -0.25) is 5.32 Å². The lowest BCUT2D eigenvalue weighted by molar-refractivity contribution is -0.150. The quantitative estimate of drug-likeness (QED) is 0.715. The van der Waals surface area contributed by atoms with Crippen LogP contribution in [0.15, 0.2) is 35.1 Å². The van der Waals surface area contributed by atoms with E-state index in [1.807, 2.05) is 0 Å². The number of amides is 1. The Hall–Kier alpha value is -2.56. The third-order valence-electron chi connectivity index (χ3n) is 4.01. The fraction of sp³-hybridized carbons (Fsp3) is 0.312. The van der Waals surface area contributed by atoms with E-state index in [1.54, 1.807) is 30.3 Å². The number of carbonyl (C=O) groups excluding carboxylic acids is 1. The van der Waals surface area contributed by atoms with Gasteiger partial charge in [0.15, 0.2) is 16.2 Å². The summed E-state index contributed by atoms with van der Waals surface area (Å²) in [6, 6.07) is 7.66. The van der Waals surface area contributed by atoms with Crippen LogP contribution in [0.4, 0.5) is 23.8 Å². The highest BCUT2D eigenvalue weighted by Crippen LogP contribution is 2.55. The first-order chi connectivity index (χ1) is 12.7. The van der Waals surface area contributed by atoms with Gasteiger partial charge in [0.2, 0.25) is 0 Å². The Kier molecular flexibility index (Phi) is 5.13. The molecule has 1 aliphatic carbocycles. The zero-order chi connectivity index (χ0) is 19.8. The van der Waals surface area contributed by atoms with Gasteiger partial charge in [-0.2, -0.15) is 13.2 Å². The number of anilines is 1. The van der Waals surface area contributed by atoms with Crippen molar-refractivity contribution in [2.45, 2.75) is 25.2 Å². The van der Waals surface area contributed by atoms with E-state index in [1.165, 1.54) is 0 Å². The number of nitrogens with one attached hydrogen (secondary N) is 1. The smallest absolute Gasteiger partial charge is 0.413 e. The van der Waals surface area contributed by atoms with Crippen LogP contribution < -0.4 is 5.32 Å². The van der Waals surface area contributed by atoms with Crippen LogP contribution in [0.25, 0.3) is 0 Å². The normalized spacial score (nSPS) is 18.8. The molecule has 3 rings (SSSR count). The average Bonchev–Trinajstić information content (AvgIpc) is 3.33. The zero-order valence-corrected chi connectivity index (χ0v) is 15.1. The highest BCUT2D eigenvalue weighted by atomic mass is 79.9. The first-order valence-corrected chi connectivity index (χ1v) is 8.53. The van der Waals surface area contributed by atoms with Crippen molar-refractivity contribution in [3.8, 4) is 0 Å². The van der Waals surface area contributed by atoms with Crippen LogP contribution in [-0.2, 0) is 11.3 Å². The first kappa shape index (κ1) is 19.2. The third kappa shape index (κ3) is 4.24. The minimum atomic E-state index is -4.43. The number of alkyl halides is 3. The van der Waals surface area contributed by atoms with Gasteiger partial charge in [0, 0.05) is 6.04 Å². The number of carboxylic acids is 1. The Morgan fingerprint density at radius 3 is 2.56 bits per heavy atom. The third-order valence-corrected chi connectivity index (χ3v) is 4.57. The van der Waals surface area contributed by atoms with Crippen LogP contribution in [0.5, 0.6) is 0 Å². The van der Waals surface area contributed by atoms with Crippen LogP contribution in [0.2, 0.25) is 0 Å². The molecule has 0 radical (unpaired) electrons. The maximum Gasteiger partial charge on any atom is 0.413 e. The van der Waals surface area contributed by atoms with E-state index in [0.717, 1.165) is 4.57 Å². The number of carbonyl (C=O) groups is 2. The molecule has 1 aromatic carbocycles. The summed E-state index contributed by atoms with van der Waals surface area (Å²) in [4.78, 5) is 27.1. The van der Waals surface area contributed by atoms with Crippen molar-refractivity contribution in [2.75, 3.05) is 5.32 Å². The summed E-state index contributed by atoms with van der Waals surface area (Å²) in [5.74, 6) is -3.48. The number of aromatic carboxylic acids is 1. The molecule has 0 aliphatic heterocycles. The first-order valence-electron chi connectivity index (χ1n) is 7.74. The Bertz CT molecular complexity index is 870. The Balaban J connectivity index is 1.79. The maximum absolute atomic E-state index is 12.9. The predicted molar refractivity (Wildman–Crippen MR) is 90.3 cm³/mol. The van der Waals surface area contributed by atoms with Gasteiger partial charge in [0.05, 0.1) is 5.92 Å². The van der Waals surface area contributed by atoms with E-state index < -0.39 is 35.9 Å². The molecule has 2 aromatic rings. The van der Waals surface area contributed by atoms with Crippen molar-refractivity contribution in [2.24, 2.45) is 5.92 Å². The SMILES string of the molecule is O=C(Nc1c(C(=O)O)nc(Br)n1[C@@H]1C[C@H]1C(F)(F)F)OCc1ccccc1. The highest BCUT2D eigenvalue weighted by molar-refractivity contribution is 9.10. The van der Waals surface area contributed by atoms with Crippen LogP contribution in [0, 0.1) is 5.92 Å². The van der Waals surface area contributed by atoms with Gasteiger partial charge >= 0.3 is 18.2 Å². The Labute approximate surface area is 159 Å². The van der Waals surface area contributed by atoms with E-state index in [-0.39, 0.29) is 23.6 Å². The van der Waals surface area contributed by atoms with Gasteiger partial charge < -0.3 is 14.4 Å². The molecule has 144 valence electrons. The number of benzene rings is 1. The number of imidazole rings is 1. The molecule has 1 aromatic heterocycles. The molecule has 11 heteroatoms. The number of hydrogen-bond donors (Lipinski definition) is 2. The van der Waals surface area contributed by atoms with Gasteiger partial charge in [-0.15, -0.1) is 0 Å². The second-order valence-electron chi connectivity index (χ2n) is 5.89. The topological polar surface area (TPSA) is 93.5 Å². The van der Waals surface area contributed by atoms with Gasteiger partial charge in [0.1, 0.15) is 6.61 Å². The molecular formula is C16H13BrF3N3O4. The molecule has 27 heavy (non-hydrogen) atoms.